The molecule has 4 heteroatoms. The van der Waals surface area contributed by atoms with E-state index in [1.165, 1.54) is 29.6 Å². The molecule has 0 fully saturated rings. The number of aromatic nitrogens is 2. The molecule has 0 aliphatic carbocycles. The lowest BCUT2D eigenvalue weighted by atomic mass is 11.3. The number of rotatable bonds is 1. The molecule has 0 aromatic carbocycles. The van der Waals surface area contributed by atoms with Crippen LogP contribution in [0.25, 0.3) is 0 Å². The van der Waals surface area contributed by atoms with Gasteiger partial charge in [0.1, 0.15) is 6.33 Å². The molecule has 0 aliphatic rings. The Balaban J connectivity index is 2.76. The van der Waals surface area contributed by atoms with E-state index in [1.807, 2.05) is 0 Å². The molecule has 0 N–H and O–H groups in total. The Morgan fingerprint density at radius 3 is 3.00 bits per heavy atom. The molecule has 0 spiro atoms. The summed E-state index contributed by atoms with van der Waals surface area (Å²) in [6.45, 7) is 0. The van der Waals surface area contributed by atoms with Crippen LogP contribution in [0.1, 0.15) is 0 Å². The van der Waals surface area contributed by atoms with Crippen LogP contribution in [0.4, 0.5) is 0 Å². The van der Waals surface area contributed by atoms with Gasteiger partial charge in [0.05, 0.1) is 0 Å². The van der Waals surface area contributed by atoms with Gasteiger partial charge >= 0.3 is 0 Å². The van der Waals surface area contributed by atoms with Crippen molar-refractivity contribution in [2.24, 2.45) is 0 Å². The summed E-state index contributed by atoms with van der Waals surface area (Å²) in [7, 11) is 0. The van der Waals surface area contributed by atoms with Crippen LogP contribution in [0, 0.1) is 6.26 Å². The van der Waals surface area contributed by atoms with E-state index in [2.05, 4.69) is 15.6 Å². The predicted molar refractivity (Wildman–Crippen MR) is 31.1 cm³/mol. The van der Waals surface area contributed by atoms with Gasteiger partial charge in [-0.25, -0.2) is 4.98 Å². The summed E-state index contributed by atoms with van der Waals surface area (Å²) in [4.78, 5) is 3.84. The summed E-state index contributed by atoms with van der Waals surface area (Å²) in [5.74, 6) is 0. The fraction of sp³-hybridized carbons (Fsp3) is 0. The highest BCUT2D eigenvalue weighted by Crippen LogP contribution is 2.14. The van der Waals surface area contributed by atoms with E-state index >= 15 is 0 Å². The fourth-order valence-electron chi connectivity index (χ4n) is 0.227. The lowest BCUT2D eigenvalue weighted by molar-refractivity contribution is 1.22. The summed E-state index contributed by atoms with van der Waals surface area (Å²) >= 11 is 2.73. The highest BCUT2D eigenvalue weighted by Gasteiger charge is 1.87. The normalized spacial score (nSPS) is 9.29. The highest BCUT2D eigenvalue weighted by atomic mass is 32.2. The average Bonchev–Trinajstić information content (AvgIpc) is 2.14. The zero-order chi connectivity index (χ0) is 5.11. The maximum absolute atomic E-state index is 3.84. The first-order valence-electron chi connectivity index (χ1n) is 1.62. The first-order valence-corrected chi connectivity index (χ1v) is 3.38. The molecular formula is C3H3N2S2. The zero-order valence-electron chi connectivity index (χ0n) is 3.50. The first-order chi connectivity index (χ1) is 3.43. The minimum absolute atomic E-state index is 0.917. The van der Waals surface area contributed by atoms with E-state index in [9.17, 15) is 0 Å². The smallest absolute Gasteiger partial charge is 0.169 e. The second-order valence-corrected chi connectivity index (χ2v) is 2.57. The molecule has 0 aliphatic heterocycles. The zero-order valence-corrected chi connectivity index (χ0v) is 5.13. The molecule has 0 bridgehead atoms. The van der Waals surface area contributed by atoms with Gasteiger partial charge < -0.3 is 0 Å². The van der Waals surface area contributed by atoms with Crippen molar-refractivity contribution >= 4 is 23.3 Å². The van der Waals surface area contributed by atoms with Crippen LogP contribution in [0.2, 0.25) is 0 Å². The SMILES string of the molecule is [CH2]Sc1ncns1. The van der Waals surface area contributed by atoms with Crippen LogP contribution in [-0.2, 0) is 0 Å². The van der Waals surface area contributed by atoms with E-state index in [-0.39, 0.29) is 0 Å². The van der Waals surface area contributed by atoms with E-state index in [0.717, 1.165) is 4.34 Å². The lowest BCUT2D eigenvalue weighted by Gasteiger charge is -1.74. The highest BCUT2D eigenvalue weighted by molar-refractivity contribution is 8.02. The van der Waals surface area contributed by atoms with Gasteiger partial charge in [-0.05, 0) is 11.5 Å². The van der Waals surface area contributed by atoms with Gasteiger partial charge in [0.15, 0.2) is 4.34 Å². The third kappa shape index (κ3) is 1.14. The minimum atomic E-state index is 0.917. The van der Waals surface area contributed by atoms with Crippen LogP contribution in [-0.4, -0.2) is 9.36 Å². The standard InChI is InChI=1S/C3H3N2S2/c1-6-3-4-2-5-7-3/h2H,1H2. The first kappa shape index (κ1) is 5.05. The Labute approximate surface area is 50.1 Å². The Kier molecular flexibility index (Phi) is 1.64. The van der Waals surface area contributed by atoms with Gasteiger partial charge in [0.25, 0.3) is 0 Å². The van der Waals surface area contributed by atoms with E-state index in [0.29, 0.717) is 0 Å². The summed E-state index contributed by atoms with van der Waals surface area (Å²) in [6, 6.07) is 0. The van der Waals surface area contributed by atoms with Crippen molar-refractivity contribution in [3.05, 3.63) is 12.6 Å². The molecule has 1 radical (unpaired) electrons. The molecule has 7 heavy (non-hydrogen) atoms. The monoisotopic (exact) mass is 131 g/mol. The van der Waals surface area contributed by atoms with Crippen molar-refractivity contribution in [1.82, 2.24) is 9.36 Å². The van der Waals surface area contributed by atoms with Crippen LogP contribution in [0.15, 0.2) is 10.7 Å². The van der Waals surface area contributed by atoms with Crippen molar-refractivity contribution in [3.8, 4) is 0 Å². The molecule has 1 aromatic heterocycles. The largest absolute Gasteiger partial charge is 0.216 e. The molecule has 0 saturated carbocycles. The number of hydrogen-bond donors (Lipinski definition) is 0. The predicted octanol–water partition coefficient (Wildman–Crippen LogP) is 1.42. The summed E-state index contributed by atoms with van der Waals surface area (Å²) in [6.07, 6.45) is 5.08. The fourth-order valence-corrected chi connectivity index (χ4v) is 0.967. The Bertz CT molecular complexity index is 125. The number of thioether (sulfide) groups is 1. The van der Waals surface area contributed by atoms with Gasteiger partial charge in [-0.3, -0.25) is 0 Å². The molecule has 0 amide bonds. The molecule has 0 atom stereocenters. The minimum Gasteiger partial charge on any atom is -0.216 e. The Morgan fingerprint density at radius 2 is 2.71 bits per heavy atom. The number of nitrogens with zero attached hydrogens (tertiary/aromatic N) is 2. The van der Waals surface area contributed by atoms with Crippen molar-refractivity contribution in [2.45, 2.75) is 4.34 Å². The van der Waals surface area contributed by atoms with Gasteiger partial charge in [0.2, 0.25) is 0 Å². The quantitative estimate of drug-likeness (QED) is 0.539. The average molecular weight is 131 g/mol. The summed E-state index contributed by atoms with van der Waals surface area (Å²) < 4.78 is 4.68. The van der Waals surface area contributed by atoms with Gasteiger partial charge in [-0.15, -0.1) is 0 Å². The van der Waals surface area contributed by atoms with Crippen molar-refractivity contribution in [2.75, 3.05) is 0 Å². The molecule has 0 saturated heterocycles. The summed E-state index contributed by atoms with van der Waals surface area (Å²) in [5.41, 5.74) is 0. The van der Waals surface area contributed by atoms with Crippen LogP contribution >= 0.6 is 23.3 Å². The molecular weight excluding hydrogens is 128 g/mol. The Hall–Kier alpha value is -0.0900. The molecule has 1 aromatic rings. The summed E-state index contributed by atoms with van der Waals surface area (Å²) in [5, 5.41) is 0. The van der Waals surface area contributed by atoms with Crippen LogP contribution in [0.5, 0.6) is 0 Å². The van der Waals surface area contributed by atoms with Crippen molar-refractivity contribution in [1.29, 1.82) is 0 Å². The molecule has 2 nitrogen and oxygen atoms in total. The molecule has 1 rings (SSSR count). The molecule has 37 valence electrons. The van der Waals surface area contributed by atoms with Crippen LogP contribution in [0.3, 0.4) is 0 Å². The molecule has 0 unspecified atom stereocenters. The van der Waals surface area contributed by atoms with E-state index < -0.39 is 0 Å². The molecule has 1 heterocycles. The van der Waals surface area contributed by atoms with Crippen molar-refractivity contribution < 1.29 is 0 Å². The number of hydrogen-bond acceptors (Lipinski definition) is 4. The van der Waals surface area contributed by atoms with Gasteiger partial charge in [-0.1, -0.05) is 11.8 Å². The van der Waals surface area contributed by atoms with Crippen molar-refractivity contribution in [3.63, 3.8) is 0 Å². The lowest BCUT2D eigenvalue weighted by Crippen LogP contribution is -1.55. The second-order valence-electron chi connectivity index (χ2n) is 0.852. The second kappa shape index (κ2) is 2.28. The van der Waals surface area contributed by atoms with Gasteiger partial charge in [-0.2, -0.15) is 4.37 Å². The maximum Gasteiger partial charge on any atom is 0.169 e. The topological polar surface area (TPSA) is 25.8 Å². The van der Waals surface area contributed by atoms with E-state index in [1.54, 1.807) is 0 Å². The third-order valence-electron chi connectivity index (χ3n) is 0.465. The third-order valence-corrected chi connectivity index (χ3v) is 1.86. The Morgan fingerprint density at radius 1 is 1.86 bits per heavy atom. The van der Waals surface area contributed by atoms with Gasteiger partial charge in [0, 0.05) is 6.26 Å². The van der Waals surface area contributed by atoms with E-state index in [4.69, 9.17) is 0 Å². The maximum atomic E-state index is 3.84. The van der Waals surface area contributed by atoms with Crippen LogP contribution < -0.4 is 0 Å².